The first-order chi connectivity index (χ1) is 10.1. The average molecular weight is 364 g/mol. The molecular formula is C15H14BrN3OS. The van der Waals surface area contributed by atoms with Crippen LogP contribution in [0.2, 0.25) is 0 Å². The quantitative estimate of drug-likeness (QED) is 0.698. The third-order valence-electron chi connectivity index (χ3n) is 3.16. The van der Waals surface area contributed by atoms with Crippen molar-refractivity contribution < 1.29 is 4.21 Å². The van der Waals surface area contributed by atoms with Crippen molar-refractivity contribution in [1.29, 1.82) is 0 Å². The third-order valence-corrected chi connectivity index (χ3v) is 5.06. The molecule has 3 N–H and O–H groups in total. The Bertz CT molecular complexity index is 798. The lowest BCUT2D eigenvalue weighted by molar-refractivity contribution is 0.681. The molecule has 0 aliphatic carbocycles. The van der Waals surface area contributed by atoms with Gasteiger partial charge in [0.15, 0.2) is 0 Å². The summed E-state index contributed by atoms with van der Waals surface area (Å²) in [5, 5.41) is 0. The number of halogens is 1. The van der Waals surface area contributed by atoms with Gasteiger partial charge in [0.1, 0.15) is 5.82 Å². The first kappa shape index (κ1) is 14.3. The standard InChI is InChI=1S/C15H14BrN3OS/c16-10-1-4-12(5-2-10)21(20)8-7-15-18-13-6-3-11(17)9-14(13)19-15/h1-6,9H,7-8,17H2,(H,18,19). The van der Waals surface area contributed by atoms with Crippen LogP contribution in [0.4, 0.5) is 5.69 Å². The Labute approximate surface area is 133 Å². The number of aryl methyl sites for hydroxylation is 1. The van der Waals surface area contributed by atoms with Crippen LogP contribution < -0.4 is 5.73 Å². The molecule has 0 saturated carbocycles. The van der Waals surface area contributed by atoms with Gasteiger partial charge in [-0.15, -0.1) is 0 Å². The molecular weight excluding hydrogens is 350 g/mol. The molecule has 1 heterocycles. The summed E-state index contributed by atoms with van der Waals surface area (Å²) in [7, 11) is -1.02. The number of nitrogens with two attached hydrogens (primary N) is 1. The van der Waals surface area contributed by atoms with Gasteiger partial charge in [0, 0.05) is 27.2 Å². The molecule has 6 heteroatoms. The lowest BCUT2D eigenvalue weighted by Gasteiger charge is -2.01. The van der Waals surface area contributed by atoms with Crippen LogP contribution in [-0.2, 0) is 17.2 Å². The summed E-state index contributed by atoms with van der Waals surface area (Å²) < 4.78 is 13.2. The smallest absolute Gasteiger partial charge is 0.108 e. The molecule has 0 aliphatic heterocycles. The number of fused-ring (bicyclic) bond motifs is 1. The van der Waals surface area contributed by atoms with Crippen LogP contribution in [0.5, 0.6) is 0 Å². The molecule has 3 rings (SSSR count). The number of benzene rings is 2. The Morgan fingerprint density at radius 1 is 1.19 bits per heavy atom. The van der Waals surface area contributed by atoms with E-state index >= 15 is 0 Å². The van der Waals surface area contributed by atoms with Crippen molar-refractivity contribution in [2.45, 2.75) is 11.3 Å². The Kier molecular flexibility index (Phi) is 4.07. The number of rotatable bonds is 4. The average Bonchev–Trinajstić information content (AvgIpc) is 2.87. The Hall–Kier alpha value is -1.66. The molecule has 0 amide bonds. The van der Waals surface area contributed by atoms with Crippen LogP contribution in [0.25, 0.3) is 11.0 Å². The molecule has 1 atom stereocenters. The fraction of sp³-hybridized carbons (Fsp3) is 0.133. The zero-order valence-corrected chi connectivity index (χ0v) is 13.6. The molecule has 1 aromatic heterocycles. The van der Waals surface area contributed by atoms with E-state index in [1.807, 2.05) is 42.5 Å². The van der Waals surface area contributed by atoms with Crippen LogP contribution in [0.1, 0.15) is 5.82 Å². The maximum Gasteiger partial charge on any atom is 0.108 e. The van der Waals surface area contributed by atoms with E-state index in [1.54, 1.807) is 0 Å². The van der Waals surface area contributed by atoms with Crippen molar-refractivity contribution in [3.8, 4) is 0 Å². The maximum absolute atomic E-state index is 12.2. The zero-order valence-electron chi connectivity index (χ0n) is 11.2. The predicted octanol–water partition coefficient (Wildman–Crippen LogP) is 3.26. The lowest BCUT2D eigenvalue weighted by atomic mass is 10.3. The van der Waals surface area contributed by atoms with E-state index in [-0.39, 0.29) is 0 Å². The van der Waals surface area contributed by atoms with Gasteiger partial charge in [-0.1, -0.05) is 15.9 Å². The highest BCUT2D eigenvalue weighted by atomic mass is 79.9. The Morgan fingerprint density at radius 3 is 2.71 bits per heavy atom. The molecule has 108 valence electrons. The van der Waals surface area contributed by atoms with E-state index in [0.29, 0.717) is 17.9 Å². The van der Waals surface area contributed by atoms with E-state index in [1.165, 1.54) is 0 Å². The van der Waals surface area contributed by atoms with Gasteiger partial charge in [-0.3, -0.25) is 4.21 Å². The van der Waals surface area contributed by atoms with Crippen molar-refractivity contribution in [2.75, 3.05) is 11.5 Å². The van der Waals surface area contributed by atoms with Gasteiger partial charge in [-0.2, -0.15) is 0 Å². The molecule has 0 aliphatic rings. The molecule has 0 bridgehead atoms. The second-order valence-electron chi connectivity index (χ2n) is 4.71. The van der Waals surface area contributed by atoms with Crippen LogP contribution in [0.15, 0.2) is 51.8 Å². The summed E-state index contributed by atoms with van der Waals surface area (Å²) in [5.74, 6) is 1.37. The number of nitrogens with one attached hydrogen (secondary N) is 1. The fourth-order valence-electron chi connectivity index (χ4n) is 2.09. The minimum absolute atomic E-state index is 0.539. The lowest BCUT2D eigenvalue weighted by Crippen LogP contribution is -2.02. The van der Waals surface area contributed by atoms with E-state index in [0.717, 1.165) is 26.2 Å². The first-order valence-corrected chi connectivity index (χ1v) is 8.61. The van der Waals surface area contributed by atoms with Gasteiger partial charge in [0.2, 0.25) is 0 Å². The van der Waals surface area contributed by atoms with Crippen molar-refractivity contribution in [2.24, 2.45) is 0 Å². The highest BCUT2D eigenvalue weighted by Gasteiger charge is 2.07. The minimum atomic E-state index is -1.02. The number of imidazole rings is 1. The SMILES string of the molecule is Nc1ccc2nc(CCS(=O)c3ccc(Br)cc3)[nH]c2c1. The number of H-pyrrole nitrogens is 1. The normalized spacial score (nSPS) is 12.6. The monoisotopic (exact) mass is 363 g/mol. The van der Waals surface area contributed by atoms with Crippen molar-refractivity contribution in [3.63, 3.8) is 0 Å². The van der Waals surface area contributed by atoms with Crippen molar-refractivity contribution in [1.82, 2.24) is 9.97 Å². The van der Waals surface area contributed by atoms with Gasteiger partial charge < -0.3 is 10.7 Å². The second-order valence-corrected chi connectivity index (χ2v) is 7.20. The number of aromatic amines is 1. The van der Waals surface area contributed by atoms with Crippen molar-refractivity contribution >= 4 is 43.5 Å². The van der Waals surface area contributed by atoms with Crippen molar-refractivity contribution in [3.05, 3.63) is 52.8 Å². The molecule has 2 aromatic carbocycles. The molecule has 0 radical (unpaired) electrons. The summed E-state index contributed by atoms with van der Waals surface area (Å²) >= 11 is 3.37. The molecule has 0 saturated heterocycles. The molecule has 1 unspecified atom stereocenters. The van der Waals surface area contributed by atoms with Crippen LogP contribution in [0, 0.1) is 0 Å². The molecule has 4 nitrogen and oxygen atoms in total. The van der Waals surface area contributed by atoms with E-state index < -0.39 is 10.8 Å². The summed E-state index contributed by atoms with van der Waals surface area (Å²) in [4.78, 5) is 8.53. The summed E-state index contributed by atoms with van der Waals surface area (Å²) in [5.41, 5.74) is 8.25. The number of hydrogen-bond donors (Lipinski definition) is 2. The number of anilines is 1. The number of aromatic nitrogens is 2. The molecule has 3 aromatic rings. The summed E-state index contributed by atoms with van der Waals surface area (Å²) in [6, 6.07) is 13.1. The topological polar surface area (TPSA) is 71.8 Å². The van der Waals surface area contributed by atoms with Gasteiger partial charge in [-0.25, -0.2) is 4.98 Å². The zero-order chi connectivity index (χ0) is 14.8. The van der Waals surface area contributed by atoms with E-state index in [4.69, 9.17) is 5.73 Å². The van der Waals surface area contributed by atoms with Gasteiger partial charge >= 0.3 is 0 Å². The second kappa shape index (κ2) is 5.99. The highest BCUT2D eigenvalue weighted by molar-refractivity contribution is 9.10. The first-order valence-electron chi connectivity index (χ1n) is 6.50. The highest BCUT2D eigenvalue weighted by Crippen LogP contribution is 2.17. The van der Waals surface area contributed by atoms with Gasteiger partial charge in [-0.05, 0) is 42.5 Å². The van der Waals surface area contributed by atoms with E-state index in [2.05, 4.69) is 25.9 Å². The summed E-state index contributed by atoms with van der Waals surface area (Å²) in [6.45, 7) is 0. The van der Waals surface area contributed by atoms with Gasteiger partial charge in [0.25, 0.3) is 0 Å². The number of nitrogen functional groups attached to an aromatic ring is 1. The van der Waals surface area contributed by atoms with Crippen LogP contribution in [-0.4, -0.2) is 19.9 Å². The van der Waals surface area contributed by atoms with E-state index in [9.17, 15) is 4.21 Å². The maximum atomic E-state index is 12.2. The fourth-order valence-corrected chi connectivity index (χ4v) is 3.41. The Balaban J connectivity index is 1.71. The molecule has 21 heavy (non-hydrogen) atoms. The molecule has 0 fully saturated rings. The number of hydrogen-bond acceptors (Lipinski definition) is 3. The Morgan fingerprint density at radius 2 is 1.95 bits per heavy atom. The minimum Gasteiger partial charge on any atom is -0.399 e. The molecule has 0 spiro atoms. The van der Waals surface area contributed by atoms with Crippen LogP contribution in [0.3, 0.4) is 0 Å². The number of nitrogens with zero attached hydrogens (tertiary/aromatic N) is 1. The van der Waals surface area contributed by atoms with Gasteiger partial charge in [0.05, 0.1) is 21.8 Å². The predicted molar refractivity (Wildman–Crippen MR) is 89.6 cm³/mol. The third kappa shape index (κ3) is 3.33. The van der Waals surface area contributed by atoms with Crippen LogP contribution >= 0.6 is 15.9 Å². The largest absolute Gasteiger partial charge is 0.399 e. The summed E-state index contributed by atoms with van der Waals surface area (Å²) in [6.07, 6.45) is 0.636.